The SMILES string of the molecule is CC(C)c1ccc(NC(=O)CSc2ccc(N3C(=O)C4CC=CCC4C3=O)cc2)cc1. The summed E-state index contributed by atoms with van der Waals surface area (Å²) in [6, 6.07) is 15.2. The molecule has 3 amide bonds. The van der Waals surface area contributed by atoms with Gasteiger partial charge in [-0.15, -0.1) is 11.8 Å². The highest BCUT2D eigenvalue weighted by atomic mass is 32.2. The second-order valence-electron chi connectivity index (χ2n) is 8.28. The summed E-state index contributed by atoms with van der Waals surface area (Å²) in [7, 11) is 0. The van der Waals surface area contributed by atoms with Crippen molar-refractivity contribution in [2.45, 2.75) is 37.5 Å². The van der Waals surface area contributed by atoms with Gasteiger partial charge in [-0.3, -0.25) is 19.3 Å². The second-order valence-corrected chi connectivity index (χ2v) is 9.32. The summed E-state index contributed by atoms with van der Waals surface area (Å²) in [4.78, 5) is 39.9. The minimum absolute atomic E-state index is 0.0761. The van der Waals surface area contributed by atoms with E-state index in [0.29, 0.717) is 24.4 Å². The van der Waals surface area contributed by atoms with Gasteiger partial charge in [0.25, 0.3) is 0 Å². The fourth-order valence-electron chi connectivity index (χ4n) is 4.04. The molecular weight excluding hydrogens is 408 g/mol. The second kappa shape index (κ2) is 9.10. The number of thioether (sulfide) groups is 1. The van der Waals surface area contributed by atoms with E-state index in [-0.39, 0.29) is 35.3 Å². The van der Waals surface area contributed by atoms with Gasteiger partial charge in [-0.1, -0.05) is 38.1 Å². The number of benzene rings is 2. The Balaban J connectivity index is 1.33. The molecule has 1 heterocycles. The molecule has 31 heavy (non-hydrogen) atoms. The number of fused-ring (bicyclic) bond motifs is 1. The summed E-state index contributed by atoms with van der Waals surface area (Å²) in [6.07, 6.45) is 5.24. The van der Waals surface area contributed by atoms with Crippen LogP contribution in [0.1, 0.15) is 38.2 Å². The number of nitrogens with one attached hydrogen (secondary N) is 1. The van der Waals surface area contributed by atoms with Crippen molar-refractivity contribution in [2.75, 3.05) is 16.0 Å². The first-order valence-corrected chi connectivity index (χ1v) is 11.6. The number of imide groups is 1. The highest BCUT2D eigenvalue weighted by Gasteiger charge is 2.47. The Kier molecular flexibility index (Phi) is 6.28. The van der Waals surface area contributed by atoms with Crippen molar-refractivity contribution >= 4 is 40.9 Å². The van der Waals surface area contributed by atoms with Crippen LogP contribution in [0.15, 0.2) is 65.6 Å². The van der Waals surface area contributed by atoms with Gasteiger partial charge in [0, 0.05) is 10.6 Å². The van der Waals surface area contributed by atoms with Gasteiger partial charge in [0.2, 0.25) is 17.7 Å². The van der Waals surface area contributed by atoms with Crippen LogP contribution in [0, 0.1) is 11.8 Å². The zero-order chi connectivity index (χ0) is 22.0. The number of hydrogen-bond donors (Lipinski definition) is 1. The smallest absolute Gasteiger partial charge is 0.238 e. The van der Waals surface area contributed by atoms with E-state index < -0.39 is 0 Å². The Morgan fingerprint density at radius 3 is 2.10 bits per heavy atom. The minimum atomic E-state index is -0.232. The van der Waals surface area contributed by atoms with Gasteiger partial charge in [-0.2, -0.15) is 0 Å². The van der Waals surface area contributed by atoms with Crippen molar-refractivity contribution < 1.29 is 14.4 Å². The summed E-state index contributed by atoms with van der Waals surface area (Å²) in [6.45, 7) is 4.27. The van der Waals surface area contributed by atoms with Crippen molar-refractivity contribution in [2.24, 2.45) is 11.8 Å². The Morgan fingerprint density at radius 1 is 0.968 bits per heavy atom. The molecular formula is C25H26N2O3S. The maximum absolute atomic E-state index is 12.7. The number of rotatable bonds is 6. The lowest BCUT2D eigenvalue weighted by Gasteiger charge is -2.15. The molecule has 1 N–H and O–H groups in total. The quantitative estimate of drug-likeness (QED) is 0.395. The van der Waals surface area contributed by atoms with E-state index >= 15 is 0 Å². The molecule has 0 spiro atoms. The molecule has 2 unspecified atom stereocenters. The molecule has 1 fully saturated rings. The molecule has 0 radical (unpaired) electrons. The topological polar surface area (TPSA) is 66.5 Å². The van der Waals surface area contributed by atoms with E-state index in [1.165, 1.54) is 22.2 Å². The fraction of sp³-hybridized carbons (Fsp3) is 0.320. The summed E-state index contributed by atoms with van der Waals surface area (Å²) < 4.78 is 0. The minimum Gasteiger partial charge on any atom is -0.325 e. The zero-order valence-electron chi connectivity index (χ0n) is 17.7. The molecule has 0 saturated carbocycles. The van der Waals surface area contributed by atoms with E-state index in [9.17, 15) is 14.4 Å². The monoisotopic (exact) mass is 434 g/mol. The zero-order valence-corrected chi connectivity index (χ0v) is 18.5. The van der Waals surface area contributed by atoms with Crippen molar-refractivity contribution in [1.29, 1.82) is 0 Å². The Morgan fingerprint density at radius 2 is 1.55 bits per heavy atom. The van der Waals surface area contributed by atoms with Crippen molar-refractivity contribution in [3.63, 3.8) is 0 Å². The lowest BCUT2D eigenvalue weighted by atomic mass is 9.85. The van der Waals surface area contributed by atoms with Crippen LogP contribution < -0.4 is 10.2 Å². The fourth-order valence-corrected chi connectivity index (χ4v) is 4.74. The molecule has 160 valence electrons. The number of amides is 3. The molecule has 1 aliphatic heterocycles. The first kappa shape index (κ1) is 21.4. The Bertz CT molecular complexity index is 986. The maximum Gasteiger partial charge on any atom is 0.238 e. The van der Waals surface area contributed by atoms with Gasteiger partial charge >= 0.3 is 0 Å². The first-order chi connectivity index (χ1) is 14.9. The van der Waals surface area contributed by atoms with Crippen LogP contribution in [0.4, 0.5) is 11.4 Å². The van der Waals surface area contributed by atoms with Gasteiger partial charge in [0.05, 0.1) is 23.3 Å². The third kappa shape index (κ3) is 4.59. The lowest BCUT2D eigenvalue weighted by molar-refractivity contribution is -0.122. The van der Waals surface area contributed by atoms with Gasteiger partial charge in [0.15, 0.2) is 0 Å². The predicted molar refractivity (Wildman–Crippen MR) is 124 cm³/mol. The van der Waals surface area contributed by atoms with Gasteiger partial charge in [0.1, 0.15) is 0 Å². The van der Waals surface area contributed by atoms with Crippen LogP contribution in [-0.4, -0.2) is 23.5 Å². The van der Waals surface area contributed by atoms with Crippen LogP contribution >= 0.6 is 11.8 Å². The molecule has 5 nitrogen and oxygen atoms in total. The number of nitrogens with zero attached hydrogens (tertiary/aromatic N) is 1. The Labute approximate surface area is 186 Å². The lowest BCUT2D eigenvalue weighted by Crippen LogP contribution is -2.30. The molecule has 0 aromatic heterocycles. The highest BCUT2D eigenvalue weighted by Crippen LogP contribution is 2.38. The normalized spacial score (nSPS) is 20.3. The van der Waals surface area contributed by atoms with Crippen molar-refractivity contribution in [3.8, 4) is 0 Å². The van der Waals surface area contributed by atoms with Crippen LogP contribution in [0.3, 0.4) is 0 Å². The third-order valence-corrected chi connectivity index (χ3v) is 6.85. The van der Waals surface area contributed by atoms with E-state index in [4.69, 9.17) is 0 Å². The van der Waals surface area contributed by atoms with Crippen LogP contribution in [0.2, 0.25) is 0 Å². The van der Waals surface area contributed by atoms with Gasteiger partial charge < -0.3 is 5.32 Å². The largest absolute Gasteiger partial charge is 0.325 e. The summed E-state index contributed by atoms with van der Waals surface area (Å²) in [5.41, 5.74) is 2.62. The number of hydrogen-bond acceptors (Lipinski definition) is 4. The molecule has 4 rings (SSSR count). The Hall–Kier alpha value is -2.86. The average Bonchev–Trinajstić information content (AvgIpc) is 3.03. The predicted octanol–water partition coefficient (Wildman–Crippen LogP) is 5.00. The molecule has 2 aromatic rings. The van der Waals surface area contributed by atoms with Crippen molar-refractivity contribution in [3.05, 3.63) is 66.2 Å². The van der Waals surface area contributed by atoms with E-state index in [1.54, 1.807) is 12.1 Å². The van der Waals surface area contributed by atoms with E-state index in [2.05, 4.69) is 19.2 Å². The molecule has 2 atom stereocenters. The molecule has 0 bridgehead atoms. The van der Waals surface area contributed by atoms with Gasteiger partial charge in [-0.05, 0) is 60.7 Å². The standard InChI is InChI=1S/C25H26N2O3S/c1-16(2)17-7-9-18(10-8-17)26-23(28)15-31-20-13-11-19(12-14-20)27-24(29)21-5-3-4-6-22(21)25(27)30/h3-4,7-14,16,21-22H,5-6,15H2,1-2H3,(H,26,28). The molecule has 1 aliphatic carbocycles. The van der Waals surface area contributed by atoms with Crippen LogP contribution in [0.25, 0.3) is 0 Å². The molecule has 2 aliphatic rings. The highest BCUT2D eigenvalue weighted by molar-refractivity contribution is 8.00. The first-order valence-electron chi connectivity index (χ1n) is 10.6. The summed E-state index contributed by atoms with van der Waals surface area (Å²) >= 11 is 1.42. The molecule has 2 aromatic carbocycles. The maximum atomic E-state index is 12.7. The number of anilines is 2. The average molecular weight is 435 g/mol. The van der Waals surface area contributed by atoms with E-state index in [0.717, 1.165) is 10.6 Å². The molecule has 6 heteroatoms. The van der Waals surface area contributed by atoms with E-state index in [1.807, 2.05) is 48.6 Å². The van der Waals surface area contributed by atoms with Crippen LogP contribution in [0.5, 0.6) is 0 Å². The van der Waals surface area contributed by atoms with Gasteiger partial charge in [-0.25, -0.2) is 0 Å². The van der Waals surface area contributed by atoms with Crippen molar-refractivity contribution in [1.82, 2.24) is 0 Å². The summed E-state index contributed by atoms with van der Waals surface area (Å²) in [5, 5.41) is 2.91. The number of carbonyl (C=O) groups is 3. The summed E-state index contributed by atoms with van der Waals surface area (Å²) in [5.74, 6) is -0.0224. The number of allylic oxidation sites excluding steroid dienone is 2. The third-order valence-electron chi connectivity index (χ3n) is 5.83. The van der Waals surface area contributed by atoms with Crippen LogP contribution in [-0.2, 0) is 14.4 Å². The molecule has 1 saturated heterocycles. The number of carbonyl (C=O) groups excluding carboxylic acids is 3.